The highest BCUT2D eigenvalue weighted by Gasteiger charge is 1.93. The van der Waals surface area contributed by atoms with Gasteiger partial charge in [0.25, 0.3) is 0 Å². The molecular weight excluding hydrogens is 961 g/mol. The summed E-state index contributed by atoms with van der Waals surface area (Å²) in [5, 5.41) is 0. The summed E-state index contributed by atoms with van der Waals surface area (Å²) >= 11 is 0. The van der Waals surface area contributed by atoms with Gasteiger partial charge in [0.2, 0.25) is 0 Å². The second-order valence-electron chi connectivity index (χ2n) is 25.0. The van der Waals surface area contributed by atoms with Crippen molar-refractivity contribution in [2.24, 2.45) is 0 Å². The molecule has 0 aliphatic rings. The molecule has 0 spiro atoms. The highest BCUT2D eigenvalue weighted by atomic mass is 14.0. The van der Waals surface area contributed by atoms with Gasteiger partial charge >= 0.3 is 0 Å². The van der Waals surface area contributed by atoms with Crippen molar-refractivity contribution in [1.29, 1.82) is 0 Å². The van der Waals surface area contributed by atoms with Gasteiger partial charge in [-0.05, 0) is 0 Å². The molecule has 0 rings (SSSR count). The molecule has 0 bridgehead atoms. The molecule has 0 amide bonds. The first-order valence-electron chi connectivity index (χ1n) is 39.3. The van der Waals surface area contributed by atoms with Gasteiger partial charge in [-0.2, -0.15) is 0 Å². The van der Waals surface area contributed by atoms with Crippen LogP contribution in [0.2, 0.25) is 0 Å². The summed E-state index contributed by atoms with van der Waals surface area (Å²) in [5.41, 5.74) is 0. The first-order chi connectivity index (χ1) is 39.3. The maximum Gasteiger partial charge on any atom is -0.0533 e. The first-order valence-corrected chi connectivity index (χ1v) is 39.3. The Hall–Kier alpha value is 0. The summed E-state index contributed by atoms with van der Waals surface area (Å²) in [7, 11) is 0. The van der Waals surface area contributed by atoms with Crippen molar-refractivity contribution in [1.82, 2.24) is 0 Å². The van der Waals surface area contributed by atoms with E-state index in [0.717, 1.165) is 0 Å². The van der Waals surface area contributed by atoms with E-state index in [9.17, 15) is 0 Å². The molecule has 0 radical (unpaired) electrons. The third-order valence-electron chi connectivity index (χ3n) is 15.7. The Morgan fingerprint density at radius 2 is 0.100 bits per heavy atom. The van der Waals surface area contributed by atoms with E-state index in [-0.39, 0.29) is 0 Å². The van der Waals surface area contributed by atoms with E-state index in [1.54, 1.807) is 0 Å². The zero-order valence-electron chi connectivity index (χ0n) is 61.3. The normalized spacial score (nSPS) is 10.2. The van der Waals surface area contributed by atoms with Gasteiger partial charge in [-0.15, -0.1) is 0 Å². The van der Waals surface area contributed by atoms with Crippen LogP contribution in [-0.4, -0.2) is 0 Å². The number of hydrogen-bond acceptors (Lipinski definition) is 0. The Bertz CT molecular complexity index is 512. The van der Waals surface area contributed by atoms with Gasteiger partial charge < -0.3 is 0 Å². The molecule has 496 valence electrons. The SMILES string of the molecule is CCCCCCCCCC.CCCCCCCCCC.CCCCCCCCCC.CCCCCCCCCC.CCCCCCCCCC.CCCCCCCCCC.CCCCCCCCCC.CCCCCCCCCC. The molecule has 0 heterocycles. The van der Waals surface area contributed by atoms with Crippen LogP contribution < -0.4 is 0 Å². The average molecular weight is 1140 g/mol. The van der Waals surface area contributed by atoms with Crippen molar-refractivity contribution < 1.29 is 0 Å². The van der Waals surface area contributed by atoms with E-state index in [2.05, 4.69) is 111 Å². The Morgan fingerprint density at radius 3 is 0.138 bits per heavy atom. The Kier molecular flexibility index (Phi) is 141. The number of unbranched alkanes of at least 4 members (excludes halogenated alkanes) is 56. The summed E-state index contributed by atoms with van der Waals surface area (Å²) in [4.78, 5) is 0. The monoisotopic (exact) mass is 1140 g/mol. The van der Waals surface area contributed by atoms with Gasteiger partial charge in [0.15, 0.2) is 0 Å². The van der Waals surface area contributed by atoms with Gasteiger partial charge in [0, 0.05) is 0 Å². The van der Waals surface area contributed by atoms with E-state index >= 15 is 0 Å². The van der Waals surface area contributed by atoms with Crippen LogP contribution in [0.3, 0.4) is 0 Å². The zero-order chi connectivity index (χ0) is 61.3. The topological polar surface area (TPSA) is 0 Å². The third kappa shape index (κ3) is 147. The van der Waals surface area contributed by atoms with Crippen LogP contribution in [0.15, 0.2) is 0 Å². The smallest absolute Gasteiger partial charge is 0.0533 e. The fraction of sp³-hybridized carbons (Fsp3) is 1.00. The predicted molar refractivity (Wildman–Crippen MR) is 386 cm³/mol. The van der Waals surface area contributed by atoms with Crippen molar-refractivity contribution in [2.75, 3.05) is 0 Å². The summed E-state index contributed by atoms with van der Waals surface area (Å²) in [6.07, 6.45) is 91.7. The minimum absolute atomic E-state index is 1.37. The molecule has 0 aromatic heterocycles. The summed E-state index contributed by atoms with van der Waals surface area (Å²) < 4.78 is 0. The fourth-order valence-electron chi connectivity index (χ4n) is 9.66. The molecule has 0 saturated heterocycles. The van der Waals surface area contributed by atoms with Crippen LogP contribution in [0.5, 0.6) is 0 Å². The second-order valence-corrected chi connectivity index (χ2v) is 25.0. The lowest BCUT2D eigenvalue weighted by molar-refractivity contribution is 0.585. The van der Waals surface area contributed by atoms with Crippen LogP contribution in [0, 0.1) is 0 Å². The van der Waals surface area contributed by atoms with Gasteiger partial charge in [-0.25, -0.2) is 0 Å². The molecular formula is C80H176. The lowest BCUT2D eigenvalue weighted by atomic mass is 10.1. The Balaban J connectivity index is -0.000000123. The van der Waals surface area contributed by atoms with E-state index < -0.39 is 0 Å². The van der Waals surface area contributed by atoms with Gasteiger partial charge in [0.05, 0.1) is 0 Å². The van der Waals surface area contributed by atoms with Crippen molar-refractivity contribution in [3.05, 3.63) is 0 Å². The van der Waals surface area contributed by atoms with Crippen LogP contribution in [0.1, 0.15) is 522 Å². The molecule has 0 aliphatic carbocycles. The maximum absolute atomic E-state index is 2.27. The Morgan fingerprint density at radius 1 is 0.0625 bits per heavy atom. The number of rotatable bonds is 56. The molecule has 0 heteroatoms. The molecule has 0 aromatic carbocycles. The highest BCUT2D eigenvalue weighted by Crippen LogP contribution is 2.13. The molecule has 0 nitrogen and oxygen atoms in total. The molecule has 0 aromatic rings. The fourth-order valence-corrected chi connectivity index (χ4v) is 9.66. The third-order valence-corrected chi connectivity index (χ3v) is 15.7. The molecule has 0 fully saturated rings. The quantitative estimate of drug-likeness (QED) is 0.0533. The van der Waals surface area contributed by atoms with E-state index in [0.29, 0.717) is 0 Å². The van der Waals surface area contributed by atoms with E-state index in [4.69, 9.17) is 0 Å². The summed E-state index contributed by atoms with van der Waals surface area (Å²) in [6.45, 7) is 36.3. The van der Waals surface area contributed by atoms with Crippen molar-refractivity contribution in [3.8, 4) is 0 Å². The van der Waals surface area contributed by atoms with Crippen molar-refractivity contribution in [2.45, 2.75) is 522 Å². The van der Waals surface area contributed by atoms with Crippen LogP contribution in [0.25, 0.3) is 0 Å². The molecule has 0 unspecified atom stereocenters. The largest absolute Gasteiger partial charge is 0.0654 e. The average Bonchev–Trinajstić information content (AvgIpc) is 3.47. The van der Waals surface area contributed by atoms with Gasteiger partial charge in [-0.3, -0.25) is 0 Å². The molecule has 0 saturated carbocycles. The molecule has 0 aliphatic heterocycles. The lowest BCUT2D eigenvalue weighted by Gasteiger charge is -1.97. The minimum Gasteiger partial charge on any atom is -0.0654 e. The van der Waals surface area contributed by atoms with E-state index in [1.807, 2.05) is 0 Å². The number of hydrogen-bond donors (Lipinski definition) is 0. The minimum atomic E-state index is 1.37. The molecule has 0 N–H and O–H groups in total. The predicted octanol–water partition coefficient (Wildman–Crippen LogP) is 33.2. The standard InChI is InChI=1S/8C10H22/c8*1-3-5-7-9-10-8-6-4-2/h8*3-10H2,1-2H3. The highest BCUT2D eigenvalue weighted by molar-refractivity contribution is 4.49. The second kappa shape index (κ2) is 117. The first kappa shape index (κ1) is 96.3. The Labute approximate surface area is 519 Å². The van der Waals surface area contributed by atoms with Gasteiger partial charge in [0.1, 0.15) is 0 Å². The molecule has 80 heavy (non-hydrogen) atoms. The van der Waals surface area contributed by atoms with Crippen molar-refractivity contribution >= 4 is 0 Å². The molecule has 0 atom stereocenters. The summed E-state index contributed by atoms with van der Waals surface area (Å²) in [6, 6.07) is 0. The van der Waals surface area contributed by atoms with E-state index in [1.165, 1.54) is 411 Å². The van der Waals surface area contributed by atoms with Crippen LogP contribution in [-0.2, 0) is 0 Å². The maximum atomic E-state index is 2.27. The zero-order valence-corrected chi connectivity index (χ0v) is 61.3. The summed E-state index contributed by atoms with van der Waals surface area (Å²) in [5.74, 6) is 0. The van der Waals surface area contributed by atoms with Crippen molar-refractivity contribution in [3.63, 3.8) is 0 Å². The van der Waals surface area contributed by atoms with Gasteiger partial charge in [-0.1, -0.05) is 522 Å². The van der Waals surface area contributed by atoms with Crippen LogP contribution in [0.4, 0.5) is 0 Å². The van der Waals surface area contributed by atoms with Crippen LogP contribution >= 0.6 is 0 Å². The lowest BCUT2D eigenvalue weighted by Crippen LogP contribution is -1.77.